The summed E-state index contributed by atoms with van der Waals surface area (Å²) in [6.07, 6.45) is 1.73. The molecule has 3 amide bonds. The summed E-state index contributed by atoms with van der Waals surface area (Å²) in [6, 6.07) is 8.18. The normalized spacial score (nSPS) is 18.2. The topological polar surface area (TPSA) is 85.0 Å². The Labute approximate surface area is 208 Å². The van der Waals surface area contributed by atoms with Gasteiger partial charge in [-0.1, -0.05) is 0 Å². The van der Waals surface area contributed by atoms with Crippen molar-refractivity contribution in [3.8, 4) is 0 Å². The van der Waals surface area contributed by atoms with Gasteiger partial charge in [-0.05, 0) is 43.2 Å². The molecule has 10 heteroatoms. The number of piperazine rings is 2. The Morgan fingerprint density at radius 3 is 2.03 bits per heavy atom. The third-order valence-corrected chi connectivity index (χ3v) is 6.87. The Hall–Kier alpha value is -3.53. The van der Waals surface area contributed by atoms with Crippen LogP contribution >= 0.6 is 0 Å². The Balaban J connectivity index is 1.32. The number of rotatable bonds is 5. The first kappa shape index (κ1) is 24.2. The van der Waals surface area contributed by atoms with Crippen molar-refractivity contribution in [1.82, 2.24) is 15.1 Å². The zero-order chi connectivity index (χ0) is 25.2. The molecule has 8 nitrogen and oxygen atoms in total. The summed E-state index contributed by atoms with van der Waals surface area (Å²) in [4.78, 5) is 43.8. The maximum Gasteiger partial charge on any atom is 0.254 e. The van der Waals surface area contributed by atoms with Crippen molar-refractivity contribution in [2.75, 3.05) is 62.6 Å². The first-order valence-electron chi connectivity index (χ1n) is 12.3. The molecule has 2 aliphatic heterocycles. The first-order chi connectivity index (χ1) is 17.4. The third-order valence-electron chi connectivity index (χ3n) is 6.87. The maximum atomic E-state index is 13.6. The number of nitrogens with zero attached hydrogens (tertiary/aromatic N) is 3. The van der Waals surface area contributed by atoms with E-state index in [4.69, 9.17) is 0 Å². The molecule has 2 N–H and O–H groups in total. The number of hydrogen-bond donors (Lipinski definition) is 2. The fraction of sp³-hybridized carbons (Fsp3) is 0.423. The molecule has 0 atom stereocenters. The minimum absolute atomic E-state index is 0.00603. The smallest absolute Gasteiger partial charge is 0.254 e. The molecular weight excluding hydrogens is 468 g/mol. The number of halogens is 2. The second-order valence-corrected chi connectivity index (χ2v) is 9.48. The van der Waals surface area contributed by atoms with E-state index in [-0.39, 0.29) is 23.3 Å². The zero-order valence-electron chi connectivity index (χ0n) is 19.9. The van der Waals surface area contributed by atoms with Gasteiger partial charge in [0.2, 0.25) is 5.91 Å². The van der Waals surface area contributed by atoms with Crippen LogP contribution in [0.4, 0.5) is 20.2 Å². The lowest BCUT2D eigenvalue weighted by Gasteiger charge is -2.37. The lowest BCUT2D eigenvalue weighted by atomic mass is 10.1. The highest BCUT2D eigenvalue weighted by Crippen LogP contribution is 2.34. The average Bonchev–Trinajstić information content (AvgIpc) is 3.74. The zero-order valence-corrected chi connectivity index (χ0v) is 19.9. The van der Waals surface area contributed by atoms with Gasteiger partial charge in [0.15, 0.2) is 0 Å². The molecule has 2 aromatic carbocycles. The van der Waals surface area contributed by atoms with Crippen LogP contribution in [-0.4, -0.2) is 79.9 Å². The van der Waals surface area contributed by atoms with E-state index in [0.29, 0.717) is 50.5 Å². The Morgan fingerprint density at radius 1 is 0.778 bits per heavy atom. The monoisotopic (exact) mass is 497 g/mol. The van der Waals surface area contributed by atoms with Crippen molar-refractivity contribution in [2.24, 2.45) is 5.92 Å². The molecule has 36 heavy (non-hydrogen) atoms. The minimum atomic E-state index is -0.788. The summed E-state index contributed by atoms with van der Waals surface area (Å²) >= 11 is 0. The van der Waals surface area contributed by atoms with Gasteiger partial charge in [0.25, 0.3) is 11.8 Å². The molecule has 0 bridgehead atoms. The Bertz CT molecular complexity index is 1150. The number of benzene rings is 2. The van der Waals surface area contributed by atoms with Crippen LogP contribution < -0.4 is 15.5 Å². The molecule has 0 radical (unpaired) electrons. The summed E-state index contributed by atoms with van der Waals surface area (Å²) in [5.41, 5.74) is 1.87. The fourth-order valence-corrected chi connectivity index (χ4v) is 4.69. The molecule has 1 saturated carbocycles. The van der Waals surface area contributed by atoms with E-state index in [1.54, 1.807) is 21.9 Å². The molecule has 0 spiro atoms. The van der Waals surface area contributed by atoms with E-state index in [1.807, 2.05) is 6.07 Å². The largest absolute Gasteiger partial charge is 0.366 e. The van der Waals surface area contributed by atoms with Crippen molar-refractivity contribution in [3.63, 3.8) is 0 Å². The van der Waals surface area contributed by atoms with Gasteiger partial charge in [-0.2, -0.15) is 0 Å². The molecule has 2 heterocycles. The fourth-order valence-electron chi connectivity index (χ4n) is 4.69. The van der Waals surface area contributed by atoms with E-state index in [2.05, 4.69) is 15.5 Å². The van der Waals surface area contributed by atoms with Crippen LogP contribution in [0.15, 0.2) is 36.4 Å². The molecule has 3 aliphatic rings. The van der Waals surface area contributed by atoms with Gasteiger partial charge in [0, 0.05) is 75.5 Å². The highest BCUT2D eigenvalue weighted by molar-refractivity contribution is 6.01. The lowest BCUT2D eigenvalue weighted by molar-refractivity contribution is -0.117. The molecule has 190 valence electrons. The Morgan fingerprint density at radius 2 is 1.39 bits per heavy atom. The predicted molar refractivity (Wildman–Crippen MR) is 131 cm³/mol. The van der Waals surface area contributed by atoms with Gasteiger partial charge in [0.05, 0.1) is 11.4 Å². The number of hydrogen-bond acceptors (Lipinski definition) is 5. The minimum Gasteiger partial charge on any atom is -0.366 e. The highest BCUT2D eigenvalue weighted by atomic mass is 19.1. The highest BCUT2D eigenvalue weighted by Gasteiger charge is 2.31. The summed E-state index contributed by atoms with van der Waals surface area (Å²) in [6.45, 7) is 4.43. The summed E-state index contributed by atoms with van der Waals surface area (Å²) in [5, 5.41) is 6.25. The predicted octanol–water partition coefficient (Wildman–Crippen LogP) is 2.32. The number of nitrogens with one attached hydrogen (secondary N) is 2. The summed E-state index contributed by atoms with van der Waals surface area (Å²) < 4.78 is 27.1. The van der Waals surface area contributed by atoms with Crippen molar-refractivity contribution >= 4 is 29.1 Å². The van der Waals surface area contributed by atoms with Crippen LogP contribution in [0.1, 0.15) is 33.6 Å². The first-order valence-corrected chi connectivity index (χ1v) is 12.3. The second kappa shape index (κ2) is 10.2. The molecule has 2 aromatic rings. The van der Waals surface area contributed by atoms with Gasteiger partial charge < -0.3 is 25.3 Å². The van der Waals surface area contributed by atoms with Crippen molar-refractivity contribution in [3.05, 3.63) is 59.2 Å². The van der Waals surface area contributed by atoms with E-state index in [1.165, 1.54) is 0 Å². The van der Waals surface area contributed by atoms with Crippen LogP contribution in [0.3, 0.4) is 0 Å². The molecule has 0 unspecified atom stereocenters. The summed E-state index contributed by atoms with van der Waals surface area (Å²) in [7, 11) is 0. The molecular formula is C26H29F2N5O3. The van der Waals surface area contributed by atoms with Crippen LogP contribution in [0, 0.1) is 17.6 Å². The van der Waals surface area contributed by atoms with E-state index >= 15 is 0 Å². The van der Waals surface area contributed by atoms with Crippen molar-refractivity contribution in [2.45, 2.75) is 12.8 Å². The standard InChI is InChI=1S/C26H29F2N5O3/c27-20-13-19(14-21(28)16-20)26(36)33-11-9-31(10-12-33)23-4-3-18(25(35)32-7-5-29-6-8-32)15-22(23)30-24(34)17-1-2-17/h3-4,13-17,29H,1-2,5-12H2,(H,30,34). The van der Waals surface area contributed by atoms with Crippen LogP contribution in [0.5, 0.6) is 0 Å². The van der Waals surface area contributed by atoms with Gasteiger partial charge in [-0.15, -0.1) is 0 Å². The molecule has 0 aromatic heterocycles. The molecule has 1 aliphatic carbocycles. The van der Waals surface area contributed by atoms with E-state index in [9.17, 15) is 23.2 Å². The molecule has 2 saturated heterocycles. The van der Waals surface area contributed by atoms with Gasteiger partial charge in [-0.3, -0.25) is 14.4 Å². The second-order valence-electron chi connectivity index (χ2n) is 9.48. The van der Waals surface area contributed by atoms with Gasteiger partial charge in [0.1, 0.15) is 11.6 Å². The lowest BCUT2D eigenvalue weighted by Crippen LogP contribution is -2.49. The summed E-state index contributed by atoms with van der Waals surface area (Å²) in [5.74, 6) is -2.11. The van der Waals surface area contributed by atoms with Crippen molar-refractivity contribution < 1.29 is 23.2 Å². The third kappa shape index (κ3) is 5.33. The number of anilines is 2. The molecule has 5 rings (SSSR count). The van der Waals surface area contributed by atoms with Crippen LogP contribution in [-0.2, 0) is 4.79 Å². The Kier molecular flexibility index (Phi) is 6.86. The van der Waals surface area contributed by atoms with Gasteiger partial charge in [-0.25, -0.2) is 8.78 Å². The van der Waals surface area contributed by atoms with E-state index in [0.717, 1.165) is 49.8 Å². The number of amides is 3. The van der Waals surface area contributed by atoms with Crippen LogP contribution in [0.2, 0.25) is 0 Å². The quantitative estimate of drug-likeness (QED) is 0.663. The SMILES string of the molecule is O=C(Nc1cc(C(=O)N2CCNCC2)ccc1N1CCN(C(=O)c2cc(F)cc(F)c2)CC1)C1CC1. The van der Waals surface area contributed by atoms with Crippen molar-refractivity contribution in [1.29, 1.82) is 0 Å². The molecule has 3 fully saturated rings. The van der Waals surface area contributed by atoms with E-state index < -0.39 is 17.5 Å². The van der Waals surface area contributed by atoms with Gasteiger partial charge >= 0.3 is 0 Å². The number of carbonyl (C=O) groups is 3. The number of carbonyl (C=O) groups excluding carboxylic acids is 3. The van der Waals surface area contributed by atoms with Crippen LogP contribution in [0.25, 0.3) is 0 Å². The average molecular weight is 498 g/mol. The maximum absolute atomic E-state index is 13.6.